The second kappa shape index (κ2) is 2.12. The van der Waals surface area contributed by atoms with E-state index in [1.807, 2.05) is 0 Å². The fraction of sp³-hybridized carbons (Fsp3) is 0.200. The quantitative estimate of drug-likeness (QED) is 0.332. The van der Waals surface area contributed by atoms with Crippen molar-refractivity contribution in [3.05, 3.63) is 18.6 Å². The fourth-order valence-corrected chi connectivity index (χ4v) is 0.484. The first kappa shape index (κ1) is 4.85. The predicted molar refractivity (Wildman–Crippen MR) is 30.5 cm³/mol. The summed E-state index contributed by atoms with van der Waals surface area (Å²) in [5, 5.41) is 0. The van der Waals surface area contributed by atoms with Crippen LogP contribution in [0.25, 0.3) is 0 Å². The molecule has 0 aromatic heterocycles. The molecular weight excluding hydrogens is 110 g/mol. The molecule has 2 radical (unpaired) electrons. The zero-order chi connectivity index (χ0) is 5.11. The molecule has 1 aliphatic rings. The lowest BCUT2D eigenvalue weighted by Crippen LogP contribution is -1.95. The van der Waals surface area contributed by atoms with Gasteiger partial charge in [0.2, 0.25) is 0 Å². The van der Waals surface area contributed by atoms with E-state index in [1.54, 1.807) is 18.4 Å². The highest BCUT2D eigenvalue weighted by Gasteiger charge is 1.98. The van der Waals surface area contributed by atoms with Crippen molar-refractivity contribution in [2.75, 3.05) is 0 Å². The molecule has 36 valence electrons. The highest BCUT2D eigenvalue weighted by Crippen LogP contribution is 2.04. The minimum atomic E-state index is -0.259. The molecular formula is C5H4ClN. The summed E-state index contributed by atoms with van der Waals surface area (Å²) in [6.45, 7) is 0. The lowest BCUT2D eigenvalue weighted by Gasteiger charge is -1.98. The SMILES string of the molecule is ClC1[C]C=CC=N1. The Kier molecular flexibility index (Phi) is 1.47. The van der Waals surface area contributed by atoms with E-state index in [-0.39, 0.29) is 5.50 Å². The summed E-state index contributed by atoms with van der Waals surface area (Å²) in [4.78, 5) is 3.77. The third kappa shape index (κ3) is 1.32. The molecule has 0 amide bonds. The standard InChI is InChI=1S/C5H4ClN/c6-5-3-1-2-4-7-5/h1-2,4-5H. The van der Waals surface area contributed by atoms with Crippen molar-refractivity contribution in [2.24, 2.45) is 4.99 Å². The Morgan fingerprint density at radius 1 is 1.71 bits per heavy atom. The number of allylic oxidation sites excluding steroid dienone is 1. The van der Waals surface area contributed by atoms with E-state index in [9.17, 15) is 0 Å². The van der Waals surface area contributed by atoms with Gasteiger partial charge in [0, 0.05) is 6.21 Å². The number of aliphatic imine (C=N–C) groups is 1. The molecule has 0 aliphatic carbocycles. The first-order valence-electron chi connectivity index (χ1n) is 1.98. The van der Waals surface area contributed by atoms with Gasteiger partial charge in [-0.25, -0.2) is 0 Å². The molecule has 1 rings (SSSR count). The molecule has 1 unspecified atom stereocenters. The van der Waals surface area contributed by atoms with E-state index in [1.165, 1.54) is 0 Å². The Bertz CT molecular complexity index is 107. The van der Waals surface area contributed by atoms with Gasteiger partial charge in [0.15, 0.2) is 0 Å². The molecule has 1 nitrogen and oxygen atoms in total. The average Bonchev–Trinajstić information content (AvgIpc) is 1.69. The van der Waals surface area contributed by atoms with Gasteiger partial charge < -0.3 is 0 Å². The molecule has 0 aromatic carbocycles. The van der Waals surface area contributed by atoms with Crippen LogP contribution in [0.5, 0.6) is 0 Å². The Balaban J connectivity index is 2.49. The number of rotatable bonds is 0. The Morgan fingerprint density at radius 2 is 2.57 bits per heavy atom. The van der Waals surface area contributed by atoms with Gasteiger partial charge in [-0.05, 0) is 6.08 Å². The summed E-state index contributed by atoms with van der Waals surface area (Å²) in [5.74, 6) is 0. The molecule has 0 N–H and O–H groups in total. The van der Waals surface area contributed by atoms with Crippen molar-refractivity contribution in [1.29, 1.82) is 0 Å². The summed E-state index contributed by atoms with van der Waals surface area (Å²) in [6.07, 6.45) is 7.97. The third-order valence-electron chi connectivity index (χ3n) is 0.633. The molecule has 0 spiro atoms. The van der Waals surface area contributed by atoms with Crippen LogP contribution in [-0.2, 0) is 0 Å². The molecule has 2 heteroatoms. The highest BCUT2D eigenvalue weighted by molar-refractivity contribution is 6.22. The molecule has 1 heterocycles. The van der Waals surface area contributed by atoms with Gasteiger partial charge >= 0.3 is 0 Å². The van der Waals surface area contributed by atoms with Crippen LogP contribution >= 0.6 is 11.6 Å². The second-order valence-electron chi connectivity index (χ2n) is 1.16. The van der Waals surface area contributed by atoms with Crippen molar-refractivity contribution in [2.45, 2.75) is 5.50 Å². The van der Waals surface area contributed by atoms with E-state index in [0.717, 1.165) is 0 Å². The number of hydrogen-bond donors (Lipinski definition) is 0. The second-order valence-corrected chi connectivity index (χ2v) is 1.57. The number of nitrogens with zero attached hydrogens (tertiary/aromatic N) is 1. The summed E-state index contributed by atoms with van der Waals surface area (Å²) >= 11 is 5.46. The first-order chi connectivity index (χ1) is 3.39. The van der Waals surface area contributed by atoms with Crippen molar-refractivity contribution < 1.29 is 0 Å². The Hall–Kier alpha value is -0.300. The molecule has 0 bridgehead atoms. The minimum absolute atomic E-state index is 0.259. The van der Waals surface area contributed by atoms with Crippen LogP contribution in [0.3, 0.4) is 0 Å². The molecule has 1 atom stereocenters. The van der Waals surface area contributed by atoms with Crippen LogP contribution in [0.15, 0.2) is 17.1 Å². The maximum absolute atomic E-state index is 5.46. The van der Waals surface area contributed by atoms with E-state index in [0.29, 0.717) is 0 Å². The third-order valence-corrected chi connectivity index (χ3v) is 0.872. The van der Waals surface area contributed by atoms with E-state index < -0.39 is 0 Å². The highest BCUT2D eigenvalue weighted by atomic mass is 35.5. The zero-order valence-corrected chi connectivity index (χ0v) is 4.39. The molecule has 1 aliphatic heterocycles. The van der Waals surface area contributed by atoms with E-state index >= 15 is 0 Å². The lowest BCUT2D eigenvalue weighted by atomic mass is 10.3. The van der Waals surface area contributed by atoms with Gasteiger partial charge in [-0.3, -0.25) is 4.99 Å². The van der Waals surface area contributed by atoms with Gasteiger partial charge in [0.05, 0.1) is 6.42 Å². The monoisotopic (exact) mass is 113 g/mol. The predicted octanol–water partition coefficient (Wildman–Crippen LogP) is 1.27. The van der Waals surface area contributed by atoms with Gasteiger partial charge in [0.1, 0.15) is 5.50 Å². The van der Waals surface area contributed by atoms with Crippen molar-refractivity contribution in [3.63, 3.8) is 0 Å². The zero-order valence-electron chi connectivity index (χ0n) is 3.63. The number of hydrogen-bond acceptors (Lipinski definition) is 1. The Labute approximate surface area is 47.7 Å². The number of alkyl halides is 1. The topological polar surface area (TPSA) is 12.4 Å². The van der Waals surface area contributed by atoms with Crippen molar-refractivity contribution in [1.82, 2.24) is 0 Å². The Morgan fingerprint density at radius 3 is 2.86 bits per heavy atom. The van der Waals surface area contributed by atoms with Crippen LogP contribution in [-0.4, -0.2) is 11.7 Å². The van der Waals surface area contributed by atoms with Crippen molar-refractivity contribution in [3.8, 4) is 0 Å². The van der Waals surface area contributed by atoms with Crippen LogP contribution in [0.4, 0.5) is 0 Å². The minimum Gasteiger partial charge on any atom is -0.273 e. The van der Waals surface area contributed by atoms with Gasteiger partial charge in [-0.15, -0.1) is 0 Å². The number of halogens is 1. The van der Waals surface area contributed by atoms with E-state index in [2.05, 4.69) is 11.4 Å². The average molecular weight is 114 g/mol. The van der Waals surface area contributed by atoms with Crippen LogP contribution in [0.2, 0.25) is 0 Å². The molecule has 0 saturated carbocycles. The maximum atomic E-state index is 5.46. The van der Waals surface area contributed by atoms with Crippen LogP contribution < -0.4 is 0 Å². The summed E-state index contributed by atoms with van der Waals surface area (Å²) < 4.78 is 0. The van der Waals surface area contributed by atoms with Crippen LogP contribution in [0.1, 0.15) is 0 Å². The smallest absolute Gasteiger partial charge is 0.134 e. The normalized spacial score (nSPS) is 28.4. The summed E-state index contributed by atoms with van der Waals surface area (Å²) in [5.41, 5.74) is -0.259. The molecule has 0 saturated heterocycles. The molecule has 0 aromatic rings. The fourth-order valence-electron chi connectivity index (χ4n) is 0.346. The largest absolute Gasteiger partial charge is 0.273 e. The molecule has 0 fully saturated rings. The van der Waals surface area contributed by atoms with E-state index in [4.69, 9.17) is 11.6 Å². The van der Waals surface area contributed by atoms with Crippen molar-refractivity contribution >= 4 is 17.8 Å². The first-order valence-corrected chi connectivity index (χ1v) is 2.42. The maximum Gasteiger partial charge on any atom is 0.134 e. The van der Waals surface area contributed by atoms with Crippen LogP contribution in [0, 0.1) is 6.42 Å². The number of dihydropyridines is 1. The molecule has 7 heavy (non-hydrogen) atoms. The van der Waals surface area contributed by atoms with Gasteiger partial charge in [0.25, 0.3) is 0 Å². The van der Waals surface area contributed by atoms with Gasteiger partial charge in [-0.1, -0.05) is 17.7 Å². The summed E-state index contributed by atoms with van der Waals surface area (Å²) in [6, 6.07) is 0. The van der Waals surface area contributed by atoms with Gasteiger partial charge in [-0.2, -0.15) is 0 Å². The summed E-state index contributed by atoms with van der Waals surface area (Å²) in [7, 11) is 0. The lowest BCUT2D eigenvalue weighted by molar-refractivity contribution is 1.08.